The molecule has 0 amide bonds. The van der Waals surface area contributed by atoms with Crippen molar-refractivity contribution in [2.45, 2.75) is 0 Å². The lowest BCUT2D eigenvalue weighted by molar-refractivity contribution is -1.36. The number of carbonyl (C=O) groups excluding carboxylic acids is 1. The molecule has 0 rings (SSSR count). The van der Waals surface area contributed by atoms with Crippen molar-refractivity contribution in [3.05, 3.63) is 12.7 Å². The molecule has 0 saturated carbocycles. The summed E-state index contributed by atoms with van der Waals surface area (Å²) in [5.74, 6) is -0.494. The first kappa shape index (κ1) is 13.1. The Hall–Kier alpha value is -0.950. The Morgan fingerprint density at radius 1 is 1.29 bits per heavy atom. The van der Waals surface area contributed by atoms with Crippen molar-refractivity contribution in [1.29, 1.82) is 0 Å². The first-order chi connectivity index (χ1) is 6.64. The summed E-state index contributed by atoms with van der Waals surface area (Å²) in [7, 11) is 4.26. The quantitative estimate of drug-likeness (QED) is 0.258. The number of carbonyl (C=O) groups is 1. The average Bonchev–Trinajstić information content (AvgIpc) is 2.25. The summed E-state index contributed by atoms with van der Waals surface area (Å²) in [6, 6.07) is 0. The molecule has 0 saturated heterocycles. The third-order valence-corrected chi connectivity index (χ3v) is 1.61. The molecular weight excluding hydrogens is 190 g/mol. The van der Waals surface area contributed by atoms with Gasteiger partial charge in [0.15, 0.2) is 6.61 Å². The number of hydrogen-bond acceptors (Lipinski definition) is 5. The Labute approximate surface area is 83.1 Å². The molecule has 0 radical (unpaired) electrons. The van der Waals surface area contributed by atoms with Crippen molar-refractivity contribution in [2.75, 3.05) is 34.5 Å². The smallest absolute Gasteiger partial charge is 0.330 e. The van der Waals surface area contributed by atoms with E-state index in [1.54, 1.807) is 0 Å². The van der Waals surface area contributed by atoms with Crippen LogP contribution in [0.3, 0.4) is 0 Å². The van der Waals surface area contributed by atoms with Crippen LogP contribution in [0.25, 0.3) is 0 Å². The number of hydroxylamine groups is 3. The maximum atomic E-state index is 10.7. The highest BCUT2D eigenvalue weighted by Crippen LogP contribution is 2.06. The van der Waals surface area contributed by atoms with Crippen LogP contribution >= 0.6 is 0 Å². The molecular formula is C8H16NO5+. The summed E-state index contributed by atoms with van der Waals surface area (Å²) in [6.07, 6.45) is 1.08. The van der Waals surface area contributed by atoms with E-state index in [9.17, 15) is 4.79 Å². The van der Waals surface area contributed by atoms with E-state index in [0.29, 0.717) is 0 Å². The molecule has 6 nitrogen and oxygen atoms in total. The molecule has 0 aromatic carbocycles. The van der Waals surface area contributed by atoms with Crippen LogP contribution in [0.2, 0.25) is 0 Å². The van der Waals surface area contributed by atoms with Crippen LogP contribution in [0.1, 0.15) is 0 Å². The molecule has 0 atom stereocenters. The average molecular weight is 206 g/mol. The molecule has 0 aliphatic carbocycles. The van der Waals surface area contributed by atoms with Gasteiger partial charge in [-0.05, 0) is 0 Å². The summed E-state index contributed by atoms with van der Waals surface area (Å²) in [5.41, 5.74) is 0. The predicted octanol–water partition coefficient (Wildman–Crippen LogP) is 0.217. The summed E-state index contributed by atoms with van der Waals surface area (Å²) in [5, 5.41) is 0. The van der Waals surface area contributed by atoms with Crippen LogP contribution < -0.4 is 0 Å². The first-order valence-corrected chi connectivity index (χ1v) is 3.98. The first-order valence-electron chi connectivity index (χ1n) is 3.98. The Balaban J connectivity index is 3.94. The molecule has 82 valence electrons. The van der Waals surface area contributed by atoms with Gasteiger partial charge in [0.2, 0.25) is 6.54 Å². The molecule has 0 N–H and O–H groups in total. The minimum atomic E-state index is -0.496. The van der Waals surface area contributed by atoms with Gasteiger partial charge in [0.25, 0.3) is 0 Å². The number of quaternary nitrogens is 1. The van der Waals surface area contributed by atoms with Crippen LogP contribution in [0.15, 0.2) is 12.7 Å². The van der Waals surface area contributed by atoms with Crippen LogP contribution in [0, 0.1) is 0 Å². The summed E-state index contributed by atoms with van der Waals surface area (Å²) < 4.78 is 4.74. The van der Waals surface area contributed by atoms with Crippen LogP contribution in [0.4, 0.5) is 0 Å². The van der Waals surface area contributed by atoms with Crippen molar-refractivity contribution < 1.29 is 29.0 Å². The van der Waals surface area contributed by atoms with Gasteiger partial charge in [-0.3, -0.25) is 0 Å². The third-order valence-electron chi connectivity index (χ3n) is 1.61. The molecule has 6 heteroatoms. The topological polar surface area (TPSA) is 54.0 Å². The van der Waals surface area contributed by atoms with Gasteiger partial charge < -0.3 is 4.74 Å². The number of nitrogens with zero attached hydrogens (tertiary/aromatic N) is 1. The zero-order chi connectivity index (χ0) is 11.0. The lowest BCUT2D eigenvalue weighted by Gasteiger charge is -2.24. The zero-order valence-electron chi connectivity index (χ0n) is 8.69. The Morgan fingerprint density at radius 3 is 2.14 bits per heavy atom. The molecule has 0 aliphatic rings. The highest BCUT2D eigenvalue weighted by Gasteiger charge is 2.30. The third kappa shape index (κ3) is 3.84. The monoisotopic (exact) mass is 206 g/mol. The van der Waals surface area contributed by atoms with Crippen LogP contribution in [0.5, 0.6) is 0 Å². The van der Waals surface area contributed by atoms with Crippen molar-refractivity contribution in [3.63, 3.8) is 0 Å². The molecule has 0 aliphatic heterocycles. The summed E-state index contributed by atoms with van der Waals surface area (Å²) >= 11 is 0. The van der Waals surface area contributed by atoms with Gasteiger partial charge >= 0.3 is 5.97 Å². The second-order valence-electron chi connectivity index (χ2n) is 2.25. The highest BCUT2D eigenvalue weighted by molar-refractivity contribution is 5.81. The van der Waals surface area contributed by atoms with E-state index in [0.717, 1.165) is 6.08 Å². The second kappa shape index (κ2) is 6.50. The zero-order valence-corrected chi connectivity index (χ0v) is 8.69. The van der Waals surface area contributed by atoms with E-state index in [1.807, 2.05) is 0 Å². The van der Waals surface area contributed by atoms with Gasteiger partial charge in [0.1, 0.15) is 21.3 Å². The summed E-state index contributed by atoms with van der Waals surface area (Å²) in [4.78, 5) is 25.0. The molecule has 0 heterocycles. The summed E-state index contributed by atoms with van der Waals surface area (Å²) in [6.45, 7) is 3.60. The lowest BCUT2D eigenvalue weighted by Crippen LogP contribution is -2.47. The molecule has 0 unspecified atom stereocenters. The maximum Gasteiger partial charge on any atom is 0.330 e. The van der Waals surface area contributed by atoms with E-state index >= 15 is 0 Å². The Morgan fingerprint density at radius 2 is 1.79 bits per heavy atom. The van der Waals surface area contributed by atoms with Crippen LogP contribution in [-0.2, 0) is 24.0 Å². The van der Waals surface area contributed by atoms with E-state index in [2.05, 4.69) is 6.58 Å². The van der Waals surface area contributed by atoms with E-state index in [1.165, 1.54) is 21.3 Å². The van der Waals surface area contributed by atoms with Gasteiger partial charge in [-0.25, -0.2) is 4.79 Å². The van der Waals surface area contributed by atoms with Gasteiger partial charge in [0.05, 0.1) is 4.97 Å². The van der Waals surface area contributed by atoms with Gasteiger partial charge in [0, 0.05) is 6.08 Å². The lowest BCUT2D eigenvalue weighted by atomic mass is 10.6. The van der Waals surface area contributed by atoms with Gasteiger partial charge in [-0.2, -0.15) is 0 Å². The maximum absolute atomic E-state index is 10.7. The van der Waals surface area contributed by atoms with E-state index in [4.69, 9.17) is 19.2 Å². The van der Waals surface area contributed by atoms with Crippen molar-refractivity contribution in [3.8, 4) is 0 Å². The van der Waals surface area contributed by atoms with Crippen molar-refractivity contribution >= 4 is 5.97 Å². The Bertz CT molecular complexity index is 182. The fraction of sp³-hybridized carbons (Fsp3) is 0.625. The molecule has 0 aromatic heterocycles. The van der Waals surface area contributed by atoms with Gasteiger partial charge in [-0.1, -0.05) is 6.58 Å². The fourth-order valence-electron chi connectivity index (χ4n) is 0.814. The second-order valence-corrected chi connectivity index (χ2v) is 2.25. The molecule has 14 heavy (non-hydrogen) atoms. The predicted molar refractivity (Wildman–Crippen MR) is 47.3 cm³/mol. The molecule has 0 fully saturated rings. The van der Waals surface area contributed by atoms with E-state index < -0.39 is 10.9 Å². The standard InChI is InChI=1S/C8H16NO5/c1-5-8(10)14-7-6-9(11-2,12-3)13-4/h5H,1,6-7H2,2-4H3/q+1. The number of rotatable bonds is 7. The molecule has 0 bridgehead atoms. The molecule has 0 spiro atoms. The minimum Gasteiger partial charge on any atom is -0.456 e. The minimum absolute atomic E-state index is 0.111. The van der Waals surface area contributed by atoms with E-state index in [-0.39, 0.29) is 13.2 Å². The fourth-order valence-corrected chi connectivity index (χ4v) is 0.814. The highest BCUT2D eigenvalue weighted by atomic mass is 17.2. The SMILES string of the molecule is C=CC(=O)OCC[N+](OC)(OC)OC. The van der Waals surface area contributed by atoms with Crippen molar-refractivity contribution in [2.24, 2.45) is 0 Å². The number of ether oxygens (including phenoxy) is 1. The number of esters is 1. The molecule has 0 aromatic rings. The largest absolute Gasteiger partial charge is 0.456 e. The Kier molecular flexibility index (Phi) is 6.06. The number of hydrogen-bond donors (Lipinski definition) is 0. The normalized spacial score (nSPS) is 11.1. The van der Waals surface area contributed by atoms with Gasteiger partial charge in [-0.15, -0.1) is 14.5 Å². The van der Waals surface area contributed by atoms with Crippen molar-refractivity contribution in [1.82, 2.24) is 0 Å². The van der Waals surface area contributed by atoms with Crippen LogP contribution in [-0.4, -0.2) is 45.4 Å².